The number of likely N-dealkylation sites (N-methyl/N-ethyl adjacent to an activating group) is 1. The van der Waals surface area contributed by atoms with Gasteiger partial charge >= 0.3 is 0 Å². The Labute approximate surface area is 104 Å². The van der Waals surface area contributed by atoms with Crippen LogP contribution in [0.25, 0.3) is 0 Å². The van der Waals surface area contributed by atoms with Gasteiger partial charge in [0.15, 0.2) is 0 Å². The maximum Gasteiger partial charge on any atom is 0.238 e. The van der Waals surface area contributed by atoms with Crippen LogP contribution in [0.15, 0.2) is 18.2 Å². The normalized spacial score (nSPS) is 10.1. The van der Waals surface area contributed by atoms with E-state index in [1.165, 1.54) is 5.56 Å². The summed E-state index contributed by atoms with van der Waals surface area (Å²) >= 11 is 2.26. The highest BCUT2D eigenvalue weighted by Crippen LogP contribution is 2.16. The second kappa shape index (κ2) is 6.07. The summed E-state index contributed by atoms with van der Waals surface area (Å²) in [5, 5.41) is 5.82. The first-order valence-electron chi connectivity index (χ1n) is 4.90. The number of hydrogen-bond acceptors (Lipinski definition) is 2. The molecule has 0 atom stereocenters. The zero-order valence-corrected chi connectivity index (χ0v) is 11.1. The summed E-state index contributed by atoms with van der Waals surface area (Å²) < 4.78 is 1.16. The number of hydrogen-bond donors (Lipinski definition) is 2. The van der Waals surface area contributed by atoms with Crippen LogP contribution in [0.2, 0.25) is 0 Å². The zero-order valence-electron chi connectivity index (χ0n) is 8.93. The van der Waals surface area contributed by atoms with Gasteiger partial charge in [0, 0.05) is 9.26 Å². The molecule has 82 valence electrons. The molecule has 1 aromatic rings. The van der Waals surface area contributed by atoms with Crippen molar-refractivity contribution in [2.24, 2.45) is 0 Å². The van der Waals surface area contributed by atoms with Crippen LogP contribution in [-0.2, 0) is 4.79 Å². The number of anilines is 1. The first-order valence-corrected chi connectivity index (χ1v) is 5.98. The molecule has 0 unspecified atom stereocenters. The molecule has 2 N–H and O–H groups in total. The number of benzene rings is 1. The maximum atomic E-state index is 11.4. The van der Waals surface area contributed by atoms with Crippen molar-refractivity contribution in [3.63, 3.8) is 0 Å². The molecule has 0 aliphatic carbocycles. The molecule has 1 rings (SSSR count). The first kappa shape index (κ1) is 12.4. The predicted octanol–water partition coefficient (Wildman–Crippen LogP) is 2.15. The predicted molar refractivity (Wildman–Crippen MR) is 71.1 cm³/mol. The van der Waals surface area contributed by atoms with Crippen LogP contribution < -0.4 is 10.6 Å². The van der Waals surface area contributed by atoms with Gasteiger partial charge in [-0.3, -0.25) is 4.79 Å². The molecule has 4 heteroatoms. The van der Waals surface area contributed by atoms with Crippen LogP contribution >= 0.6 is 22.6 Å². The third-order valence-electron chi connectivity index (χ3n) is 1.99. The van der Waals surface area contributed by atoms with E-state index in [2.05, 4.69) is 33.2 Å². The second-order valence-corrected chi connectivity index (χ2v) is 4.45. The monoisotopic (exact) mass is 318 g/mol. The molecule has 0 saturated heterocycles. The lowest BCUT2D eigenvalue weighted by atomic mass is 10.2. The molecule has 0 aliphatic heterocycles. The Morgan fingerprint density at radius 3 is 2.80 bits per heavy atom. The van der Waals surface area contributed by atoms with Gasteiger partial charge in [0.1, 0.15) is 0 Å². The standard InChI is InChI=1S/C11H15IN2O/c1-3-13-7-11(15)14-9-5-4-8(2)10(12)6-9/h4-6,13H,3,7H2,1-2H3,(H,14,15). The highest BCUT2D eigenvalue weighted by Gasteiger charge is 2.02. The molecule has 0 heterocycles. The molecule has 0 spiro atoms. The molecule has 1 amide bonds. The smallest absolute Gasteiger partial charge is 0.238 e. The Kier molecular flexibility index (Phi) is 5.04. The van der Waals surface area contributed by atoms with E-state index >= 15 is 0 Å². The summed E-state index contributed by atoms with van der Waals surface area (Å²) in [4.78, 5) is 11.4. The SMILES string of the molecule is CCNCC(=O)Nc1ccc(C)c(I)c1. The van der Waals surface area contributed by atoms with Gasteiger partial charge < -0.3 is 10.6 Å². The zero-order chi connectivity index (χ0) is 11.3. The van der Waals surface area contributed by atoms with Gasteiger partial charge in [0.2, 0.25) is 5.91 Å². The number of carbonyl (C=O) groups excluding carboxylic acids is 1. The molecule has 1 aromatic carbocycles. The number of halogens is 1. The summed E-state index contributed by atoms with van der Waals surface area (Å²) in [7, 11) is 0. The van der Waals surface area contributed by atoms with E-state index in [9.17, 15) is 4.79 Å². The van der Waals surface area contributed by atoms with E-state index < -0.39 is 0 Å². The molecule has 0 aromatic heterocycles. The second-order valence-electron chi connectivity index (χ2n) is 3.29. The molecular weight excluding hydrogens is 303 g/mol. The van der Waals surface area contributed by atoms with Crippen molar-refractivity contribution in [1.29, 1.82) is 0 Å². The van der Waals surface area contributed by atoms with E-state index in [1.807, 2.05) is 32.0 Å². The van der Waals surface area contributed by atoms with Crippen LogP contribution in [0.4, 0.5) is 5.69 Å². The van der Waals surface area contributed by atoms with Crippen LogP contribution in [0.5, 0.6) is 0 Å². The Bertz CT molecular complexity index is 352. The lowest BCUT2D eigenvalue weighted by Gasteiger charge is -2.07. The lowest BCUT2D eigenvalue weighted by Crippen LogP contribution is -2.27. The summed E-state index contributed by atoms with van der Waals surface area (Å²) in [5.41, 5.74) is 2.08. The van der Waals surface area contributed by atoms with Crippen molar-refractivity contribution >= 4 is 34.2 Å². The van der Waals surface area contributed by atoms with Crippen molar-refractivity contribution in [1.82, 2.24) is 5.32 Å². The van der Waals surface area contributed by atoms with Crippen LogP contribution in [0.1, 0.15) is 12.5 Å². The molecule has 0 bridgehead atoms. The number of nitrogens with one attached hydrogen (secondary N) is 2. The number of rotatable bonds is 4. The van der Waals surface area contributed by atoms with Crippen molar-refractivity contribution < 1.29 is 4.79 Å². The Morgan fingerprint density at radius 1 is 1.47 bits per heavy atom. The van der Waals surface area contributed by atoms with E-state index in [0.29, 0.717) is 6.54 Å². The number of carbonyl (C=O) groups is 1. The highest BCUT2D eigenvalue weighted by atomic mass is 127. The third-order valence-corrected chi connectivity index (χ3v) is 3.15. The summed E-state index contributed by atoms with van der Waals surface area (Å²) in [6.45, 7) is 5.19. The van der Waals surface area contributed by atoms with Crippen molar-refractivity contribution in [2.45, 2.75) is 13.8 Å². The Balaban J connectivity index is 2.57. The molecule has 0 aliphatic rings. The molecule has 3 nitrogen and oxygen atoms in total. The van der Waals surface area contributed by atoms with Crippen molar-refractivity contribution in [2.75, 3.05) is 18.4 Å². The Hall–Kier alpha value is -0.620. The van der Waals surface area contributed by atoms with Gasteiger partial charge in [-0.15, -0.1) is 0 Å². The van der Waals surface area contributed by atoms with Gasteiger partial charge in [-0.25, -0.2) is 0 Å². The topological polar surface area (TPSA) is 41.1 Å². The lowest BCUT2D eigenvalue weighted by molar-refractivity contribution is -0.115. The fourth-order valence-corrected chi connectivity index (χ4v) is 1.63. The average Bonchev–Trinajstić information content (AvgIpc) is 2.20. The van der Waals surface area contributed by atoms with Crippen LogP contribution in [-0.4, -0.2) is 19.0 Å². The maximum absolute atomic E-state index is 11.4. The van der Waals surface area contributed by atoms with Crippen molar-refractivity contribution in [3.05, 3.63) is 27.3 Å². The number of amides is 1. The molecule has 0 saturated carbocycles. The fraction of sp³-hybridized carbons (Fsp3) is 0.364. The summed E-state index contributed by atoms with van der Waals surface area (Å²) in [6.07, 6.45) is 0. The van der Waals surface area contributed by atoms with E-state index in [1.54, 1.807) is 0 Å². The quantitative estimate of drug-likeness (QED) is 0.835. The van der Waals surface area contributed by atoms with Crippen LogP contribution in [0.3, 0.4) is 0 Å². The molecular formula is C11H15IN2O. The van der Waals surface area contributed by atoms with Gasteiger partial charge in [-0.05, 0) is 53.8 Å². The minimum atomic E-state index is -0.00324. The van der Waals surface area contributed by atoms with Crippen LogP contribution in [0, 0.1) is 10.5 Å². The van der Waals surface area contributed by atoms with Gasteiger partial charge in [-0.2, -0.15) is 0 Å². The number of aryl methyl sites for hydroxylation is 1. The Morgan fingerprint density at radius 2 is 2.20 bits per heavy atom. The highest BCUT2D eigenvalue weighted by molar-refractivity contribution is 14.1. The molecule has 0 radical (unpaired) electrons. The third kappa shape index (κ3) is 4.17. The van der Waals surface area contributed by atoms with Gasteiger partial charge in [0.25, 0.3) is 0 Å². The largest absolute Gasteiger partial charge is 0.325 e. The van der Waals surface area contributed by atoms with Gasteiger partial charge in [0.05, 0.1) is 6.54 Å². The first-order chi connectivity index (χ1) is 7.13. The average molecular weight is 318 g/mol. The minimum absolute atomic E-state index is 0.00324. The van der Waals surface area contributed by atoms with E-state index in [-0.39, 0.29) is 5.91 Å². The summed E-state index contributed by atoms with van der Waals surface area (Å²) in [5.74, 6) is -0.00324. The molecule has 0 fully saturated rings. The van der Waals surface area contributed by atoms with Gasteiger partial charge in [-0.1, -0.05) is 13.0 Å². The summed E-state index contributed by atoms with van der Waals surface area (Å²) in [6, 6.07) is 5.89. The molecule has 15 heavy (non-hydrogen) atoms. The van der Waals surface area contributed by atoms with E-state index in [0.717, 1.165) is 15.8 Å². The fourth-order valence-electron chi connectivity index (χ4n) is 1.11. The van der Waals surface area contributed by atoms with Crippen molar-refractivity contribution in [3.8, 4) is 0 Å². The minimum Gasteiger partial charge on any atom is -0.325 e. The van der Waals surface area contributed by atoms with E-state index in [4.69, 9.17) is 0 Å².